The van der Waals surface area contributed by atoms with Gasteiger partial charge >= 0.3 is 0 Å². The quantitative estimate of drug-likeness (QED) is 0.749. The first-order valence-corrected chi connectivity index (χ1v) is 5.90. The van der Waals surface area contributed by atoms with Crippen molar-refractivity contribution >= 4 is 24.0 Å². The minimum absolute atomic E-state index is 0. The summed E-state index contributed by atoms with van der Waals surface area (Å²) in [5, 5.41) is 2.79. The first kappa shape index (κ1) is 17.7. The molecule has 6 heteroatoms. The molecular formula is C13H21ClN2O3. The van der Waals surface area contributed by atoms with Crippen molar-refractivity contribution in [1.82, 2.24) is 0 Å². The van der Waals surface area contributed by atoms with Gasteiger partial charge in [0.25, 0.3) is 0 Å². The van der Waals surface area contributed by atoms with E-state index in [9.17, 15) is 4.79 Å². The van der Waals surface area contributed by atoms with Crippen LogP contribution in [0.2, 0.25) is 0 Å². The third kappa shape index (κ3) is 6.42. The summed E-state index contributed by atoms with van der Waals surface area (Å²) >= 11 is 0. The van der Waals surface area contributed by atoms with Crippen LogP contribution in [0.4, 0.5) is 5.69 Å². The minimum atomic E-state index is -0.205. The van der Waals surface area contributed by atoms with E-state index in [0.29, 0.717) is 31.2 Å². The Bertz CT molecular complexity index is 388. The summed E-state index contributed by atoms with van der Waals surface area (Å²) in [6.07, 6.45) is 0. The number of amides is 1. The van der Waals surface area contributed by atoms with Gasteiger partial charge in [0.15, 0.2) is 0 Å². The Kier molecular flexibility index (Phi) is 8.95. The van der Waals surface area contributed by atoms with Gasteiger partial charge in [-0.05, 0) is 12.1 Å². The molecule has 1 rings (SSSR count). The number of nitrogens with one attached hydrogen (secondary N) is 1. The fourth-order valence-electron chi connectivity index (χ4n) is 1.28. The van der Waals surface area contributed by atoms with Crippen LogP contribution in [0.3, 0.4) is 0 Å². The van der Waals surface area contributed by atoms with Crippen LogP contribution in [0, 0.1) is 5.92 Å². The fraction of sp³-hybridized carbons (Fsp3) is 0.462. The van der Waals surface area contributed by atoms with Crippen molar-refractivity contribution in [3.05, 3.63) is 24.3 Å². The summed E-state index contributed by atoms with van der Waals surface area (Å²) < 4.78 is 10.4. The molecule has 3 N–H and O–H groups in total. The predicted octanol–water partition coefficient (Wildman–Crippen LogP) is 1.67. The molecule has 108 valence electrons. The molecule has 0 radical (unpaired) electrons. The number of carbonyl (C=O) groups is 1. The molecule has 0 fully saturated rings. The second-order valence-corrected chi connectivity index (χ2v) is 4.00. The zero-order chi connectivity index (χ0) is 13.4. The van der Waals surface area contributed by atoms with Gasteiger partial charge in [0, 0.05) is 31.3 Å². The lowest BCUT2D eigenvalue weighted by atomic mass is 10.1. The summed E-state index contributed by atoms with van der Waals surface area (Å²) in [4.78, 5) is 11.7. The van der Waals surface area contributed by atoms with Gasteiger partial charge in [-0.15, -0.1) is 12.4 Å². The smallest absolute Gasteiger partial charge is 0.228 e. The number of benzene rings is 1. The van der Waals surface area contributed by atoms with Crippen molar-refractivity contribution in [2.45, 2.75) is 6.92 Å². The molecule has 0 saturated carbocycles. The Morgan fingerprint density at radius 1 is 1.42 bits per heavy atom. The van der Waals surface area contributed by atoms with E-state index >= 15 is 0 Å². The van der Waals surface area contributed by atoms with E-state index in [1.54, 1.807) is 20.1 Å². The molecule has 19 heavy (non-hydrogen) atoms. The summed E-state index contributed by atoms with van der Waals surface area (Å²) in [5.74, 6) is 0.403. The Hall–Kier alpha value is -1.30. The maximum absolute atomic E-state index is 11.7. The van der Waals surface area contributed by atoms with E-state index in [2.05, 4.69) is 5.32 Å². The standard InChI is InChI=1S/C13H20N2O3.ClH/c1-10(9-14)13(16)15-11-4-3-5-12(8-11)18-7-6-17-2;/h3-5,8,10H,6-7,9,14H2,1-2H3,(H,15,16);1H. The molecule has 0 spiro atoms. The maximum atomic E-state index is 11.7. The molecular weight excluding hydrogens is 268 g/mol. The predicted molar refractivity (Wildman–Crippen MR) is 77.9 cm³/mol. The van der Waals surface area contributed by atoms with Gasteiger partial charge in [-0.1, -0.05) is 13.0 Å². The van der Waals surface area contributed by atoms with Crippen molar-refractivity contribution in [1.29, 1.82) is 0 Å². The lowest BCUT2D eigenvalue weighted by molar-refractivity contribution is -0.119. The van der Waals surface area contributed by atoms with Crippen LogP contribution in [0.25, 0.3) is 0 Å². The molecule has 0 heterocycles. The highest BCUT2D eigenvalue weighted by molar-refractivity contribution is 5.92. The van der Waals surface area contributed by atoms with Gasteiger partial charge in [-0.3, -0.25) is 4.79 Å². The Labute approximate surface area is 119 Å². The van der Waals surface area contributed by atoms with Crippen LogP contribution in [0.5, 0.6) is 5.75 Å². The highest BCUT2D eigenvalue weighted by Crippen LogP contribution is 2.17. The molecule has 0 aromatic heterocycles. The SMILES string of the molecule is COCCOc1cccc(NC(=O)C(C)CN)c1.Cl. The van der Waals surface area contributed by atoms with Crippen LogP contribution in [-0.2, 0) is 9.53 Å². The topological polar surface area (TPSA) is 73.6 Å². The van der Waals surface area contributed by atoms with Gasteiger partial charge in [-0.2, -0.15) is 0 Å². The number of anilines is 1. The number of hydrogen-bond donors (Lipinski definition) is 2. The van der Waals surface area contributed by atoms with Crippen LogP contribution >= 0.6 is 12.4 Å². The number of hydrogen-bond acceptors (Lipinski definition) is 4. The lowest BCUT2D eigenvalue weighted by Crippen LogP contribution is -2.26. The second kappa shape index (κ2) is 9.61. The number of nitrogens with two attached hydrogens (primary N) is 1. The number of rotatable bonds is 7. The molecule has 0 aliphatic heterocycles. The second-order valence-electron chi connectivity index (χ2n) is 4.00. The summed E-state index contributed by atoms with van der Waals surface area (Å²) in [6, 6.07) is 7.24. The molecule has 1 amide bonds. The number of halogens is 1. The zero-order valence-corrected chi connectivity index (χ0v) is 12.0. The van der Waals surface area contributed by atoms with Crippen LogP contribution in [-0.4, -0.2) is 32.8 Å². The van der Waals surface area contributed by atoms with E-state index in [1.165, 1.54) is 0 Å². The molecule has 0 bridgehead atoms. The highest BCUT2D eigenvalue weighted by Gasteiger charge is 2.10. The summed E-state index contributed by atoms with van der Waals surface area (Å²) in [7, 11) is 1.62. The first-order chi connectivity index (χ1) is 8.67. The average Bonchev–Trinajstić information content (AvgIpc) is 2.38. The van der Waals surface area contributed by atoms with Crippen molar-refractivity contribution < 1.29 is 14.3 Å². The molecule has 1 aromatic rings. The summed E-state index contributed by atoms with van der Waals surface area (Å²) in [6.45, 7) is 3.12. The van der Waals surface area contributed by atoms with Gasteiger partial charge in [0.05, 0.1) is 6.61 Å². The highest BCUT2D eigenvalue weighted by atomic mass is 35.5. The monoisotopic (exact) mass is 288 g/mol. The van der Waals surface area contributed by atoms with Crippen LogP contribution in [0.1, 0.15) is 6.92 Å². The van der Waals surface area contributed by atoms with Crippen LogP contribution < -0.4 is 15.8 Å². The van der Waals surface area contributed by atoms with Gasteiger partial charge < -0.3 is 20.5 Å². The van der Waals surface area contributed by atoms with Crippen molar-refractivity contribution in [3.63, 3.8) is 0 Å². The third-order valence-electron chi connectivity index (χ3n) is 2.46. The van der Waals surface area contributed by atoms with Crippen molar-refractivity contribution in [3.8, 4) is 5.75 Å². The fourth-order valence-corrected chi connectivity index (χ4v) is 1.28. The van der Waals surface area contributed by atoms with Crippen molar-refractivity contribution in [2.75, 3.05) is 32.2 Å². The maximum Gasteiger partial charge on any atom is 0.228 e. The molecule has 0 saturated heterocycles. The van der Waals surface area contributed by atoms with Gasteiger partial charge in [0.2, 0.25) is 5.91 Å². The third-order valence-corrected chi connectivity index (χ3v) is 2.46. The van der Waals surface area contributed by atoms with E-state index in [0.717, 1.165) is 0 Å². The zero-order valence-electron chi connectivity index (χ0n) is 11.2. The van der Waals surface area contributed by atoms with E-state index in [4.69, 9.17) is 15.2 Å². The molecule has 0 aliphatic carbocycles. The molecule has 1 unspecified atom stereocenters. The van der Waals surface area contributed by atoms with Gasteiger partial charge in [0.1, 0.15) is 12.4 Å². The Morgan fingerprint density at radius 3 is 2.79 bits per heavy atom. The first-order valence-electron chi connectivity index (χ1n) is 5.90. The number of ether oxygens (including phenoxy) is 2. The number of carbonyl (C=O) groups excluding carboxylic acids is 1. The Balaban J connectivity index is 0.00000324. The van der Waals surface area contributed by atoms with Gasteiger partial charge in [-0.25, -0.2) is 0 Å². The molecule has 1 atom stereocenters. The summed E-state index contributed by atoms with van der Waals surface area (Å²) in [5.41, 5.74) is 6.14. The van der Waals surface area contributed by atoms with E-state index < -0.39 is 0 Å². The van der Waals surface area contributed by atoms with Crippen LogP contribution in [0.15, 0.2) is 24.3 Å². The lowest BCUT2D eigenvalue weighted by Gasteiger charge is -2.11. The molecule has 1 aromatic carbocycles. The van der Waals surface area contributed by atoms with Crippen molar-refractivity contribution in [2.24, 2.45) is 11.7 Å². The normalized spacial score (nSPS) is 11.3. The minimum Gasteiger partial charge on any atom is -0.491 e. The largest absolute Gasteiger partial charge is 0.491 e. The van der Waals surface area contributed by atoms with E-state index in [-0.39, 0.29) is 24.2 Å². The molecule has 0 aliphatic rings. The average molecular weight is 289 g/mol. The van der Waals surface area contributed by atoms with E-state index in [1.807, 2.05) is 18.2 Å². The Morgan fingerprint density at radius 2 is 2.16 bits per heavy atom. The molecule has 5 nitrogen and oxygen atoms in total. The number of methoxy groups -OCH3 is 1.